The SMILES string of the molecule is Cc1ccc(C)c(S(=O)(=O)NCCNC2CC2)c1[N+](=O)[O-].Cl. The predicted molar refractivity (Wildman–Crippen MR) is 86.0 cm³/mol. The molecule has 0 unspecified atom stereocenters. The van der Waals surface area contributed by atoms with Crippen molar-refractivity contribution in [2.75, 3.05) is 13.1 Å². The van der Waals surface area contributed by atoms with Gasteiger partial charge in [-0.2, -0.15) is 0 Å². The molecule has 1 aromatic rings. The Morgan fingerprint density at radius 3 is 2.36 bits per heavy atom. The van der Waals surface area contributed by atoms with Crippen LogP contribution in [-0.2, 0) is 10.0 Å². The molecule has 0 amide bonds. The first-order valence-electron chi connectivity index (χ1n) is 6.80. The Morgan fingerprint density at radius 2 is 1.82 bits per heavy atom. The van der Waals surface area contributed by atoms with Crippen LogP contribution in [0.1, 0.15) is 24.0 Å². The molecule has 0 atom stereocenters. The first-order valence-corrected chi connectivity index (χ1v) is 8.29. The lowest BCUT2D eigenvalue weighted by Gasteiger charge is -2.11. The van der Waals surface area contributed by atoms with Gasteiger partial charge in [-0.3, -0.25) is 10.1 Å². The number of sulfonamides is 1. The second-order valence-corrected chi connectivity index (χ2v) is 6.96. The molecular weight excluding hydrogens is 330 g/mol. The van der Waals surface area contributed by atoms with Crippen molar-refractivity contribution in [3.63, 3.8) is 0 Å². The normalized spacial score (nSPS) is 14.5. The molecule has 1 aliphatic carbocycles. The van der Waals surface area contributed by atoms with E-state index < -0.39 is 14.9 Å². The molecular formula is C13H20ClN3O4S. The minimum absolute atomic E-state index is 0. The summed E-state index contributed by atoms with van der Waals surface area (Å²) in [6.45, 7) is 3.82. The minimum atomic E-state index is -3.90. The standard InChI is InChI=1S/C13H19N3O4S.ClH/c1-9-3-4-10(2)13(12(9)16(17)18)21(19,20)15-8-7-14-11-5-6-11;/h3-4,11,14-15H,5-8H2,1-2H3;1H. The van der Waals surface area contributed by atoms with Crippen LogP contribution < -0.4 is 10.0 Å². The highest BCUT2D eigenvalue weighted by Crippen LogP contribution is 2.30. The summed E-state index contributed by atoms with van der Waals surface area (Å²) in [6, 6.07) is 3.63. The van der Waals surface area contributed by atoms with Gasteiger partial charge in [0.05, 0.1) is 4.92 Å². The highest BCUT2D eigenvalue weighted by Gasteiger charge is 2.29. The molecule has 22 heavy (non-hydrogen) atoms. The van der Waals surface area contributed by atoms with Crippen LogP contribution in [0.25, 0.3) is 0 Å². The van der Waals surface area contributed by atoms with E-state index in [1.165, 1.54) is 6.92 Å². The van der Waals surface area contributed by atoms with Gasteiger partial charge in [-0.25, -0.2) is 13.1 Å². The van der Waals surface area contributed by atoms with Gasteiger partial charge in [0.1, 0.15) is 0 Å². The number of halogens is 1. The van der Waals surface area contributed by atoms with E-state index in [1.807, 2.05) is 0 Å². The third-order valence-electron chi connectivity index (χ3n) is 3.41. The van der Waals surface area contributed by atoms with Gasteiger partial charge in [0.2, 0.25) is 10.0 Å². The molecule has 0 heterocycles. The van der Waals surface area contributed by atoms with Crippen LogP contribution in [0.15, 0.2) is 17.0 Å². The van der Waals surface area contributed by atoms with E-state index in [4.69, 9.17) is 0 Å². The average Bonchev–Trinajstić information content (AvgIpc) is 3.20. The zero-order valence-corrected chi connectivity index (χ0v) is 14.1. The predicted octanol–water partition coefficient (Wildman–Crippen LogP) is 1.66. The summed E-state index contributed by atoms with van der Waals surface area (Å²) < 4.78 is 27.1. The summed E-state index contributed by atoms with van der Waals surface area (Å²) in [7, 11) is -3.90. The molecule has 0 aromatic heterocycles. The molecule has 1 fully saturated rings. The smallest absolute Gasteiger partial charge is 0.292 e. The van der Waals surface area contributed by atoms with Gasteiger partial charge in [-0.1, -0.05) is 12.1 Å². The van der Waals surface area contributed by atoms with Gasteiger partial charge in [0.15, 0.2) is 4.90 Å². The first kappa shape index (κ1) is 18.8. The molecule has 7 nitrogen and oxygen atoms in total. The number of hydrogen-bond donors (Lipinski definition) is 2. The summed E-state index contributed by atoms with van der Waals surface area (Å²) >= 11 is 0. The number of nitrogens with zero attached hydrogens (tertiary/aromatic N) is 1. The average molecular weight is 350 g/mol. The van der Waals surface area contributed by atoms with Gasteiger partial charge in [-0.15, -0.1) is 12.4 Å². The maximum atomic E-state index is 12.3. The van der Waals surface area contributed by atoms with E-state index >= 15 is 0 Å². The molecule has 0 radical (unpaired) electrons. The Hall–Kier alpha value is -1.22. The fourth-order valence-electron chi connectivity index (χ4n) is 2.16. The number of nitrogens with one attached hydrogen (secondary N) is 2. The van der Waals surface area contributed by atoms with Gasteiger partial charge < -0.3 is 5.32 Å². The fraction of sp³-hybridized carbons (Fsp3) is 0.538. The zero-order valence-electron chi connectivity index (χ0n) is 12.5. The molecule has 1 aromatic carbocycles. The largest absolute Gasteiger partial charge is 0.313 e. The molecule has 2 N–H and O–H groups in total. The number of hydrogen-bond acceptors (Lipinski definition) is 5. The third-order valence-corrected chi connectivity index (χ3v) is 5.05. The van der Waals surface area contributed by atoms with Crippen molar-refractivity contribution in [2.45, 2.75) is 37.6 Å². The Balaban J connectivity index is 0.00000242. The van der Waals surface area contributed by atoms with E-state index in [1.54, 1.807) is 19.1 Å². The molecule has 1 aliphatic rings. The van der Waals surface area contributed by atoms with E-state index in [0.29, 0.717) is 23.7 Å². The van der Waals surface area contributed by atoms with Crippen molar-refractivity contribution in [3.05, 3.63) is 33.4 Å². The summed E-state index contributed by atoms with van der Waals surface area (Å²) in [5, 5.41) is 14.4. The molecule has 0 aliphatic heterocycles. The maximum absolute atomic E-state index is 12.3. The van der Waals surface area contributed by atoms with Crippen molar-refractivity contribution in [1.82, 2.24) is 10.0 Å². The maximum Gasteiger partial charge on any atom is 0.292 e. The topological polar surface area (TPSA) is 101 Å². The third kappa shape index (κ3) is 4.39. The lowest BCUT2D eigenvalue weighted by atomic mass is 10.1. The van der Waals surface area contributed by atoms with Gasteiger partial charge in [0, 0.05) is 24.7 Å². The molecule has 1 saturated carbocycles. The van der Waals surface area contributed by atoms with Gasteiger partial charge in [-0.05, 0) is 32.3 Å². The number of nitro benzene ring substituents is 1. The van der Waals surface area contributed by atoms with E-state index in [0.717, 1.165) is 12.8 Å². The highest BCUT2D eigenvalue weighted by atomic mass is 35.5. The summed E-state index contributed by atoms with van der Waals surface area (Å²) in [5.74, 6) is 0. The van der Waals surface area contributed by atoms with Gasteiger partial charge in [0.25, 0.3) is 5.69 Å². The number of rotatable bonds is 7. The Kier molecular flexibility index (Phi) is 6.30. The molecule has 0 bridgehead atoms. The van der Waals surface area contributed by atoms with E-state index in [-0.39, 0.29) is 29.5 Å². The summed E-state index contributed by atoms with van der Waals surface area (Å²) in [4.78, 5) is 10.3. The van der Waals surface area contributed by atoms with Gasteiger partial charge >= 0.3 is 0 Å². The van der Waals surface area contributed by atoms with Crippen LogP contribution in [0.5, 0.6) is 0 Å². The second kappa shape index (κ2) is 7.36. The van der Waals surface area contributed by atoms with Crippen molar-refractivity contribution in [1.29, 1.82) is 0 Å². The molecule has 0 spiro atoms. The van der Waals surface area contributed by atoms with E-state index in [2.05, 4.69) is 10.0 Å². The Morgan fingerprint density at radius 1 is 1.23 bits per heavy atom. The molecule has 124 valence electrons. The Bertz CT molecular complexity index is 659. The van der Waals surface area contributed by atoms with Crippen LogP contribution in [0.4, 0.5) is 5.69 Å². The summed E-state index contributed by atoms with van der Waals surface area (Å²) in [5.41, 5.74) is 0.356. The van der Waals surface area contributed by atoms with Crippen LogP contribution >= 0.6 is 12.4 Å². The lowest BCUT2D eigenvalue weighted by Crippen LogP contribution is -2.33. The van der Waals surface area contributed by atoms with E-state index in [9.17, 15) is 18.5 Å². The van der Waals surface area contributed by atoms with Crippen molar-refractivity contribution >= 4 is 28.1 Å². The lowest BCUT2D eigenvalue weighted by molar-refractivity contribution is -0.388. The molecule has 2 rings (SSSR count). The molecule has 9 heteroatoms. The minimum Gasteiger partial charge on any atom is -0.313 e. The van der Waals surface area contributed by atoms with Crippen LogP contribution in [-0.4, -0.2) is 32.5 Å². The van der Waals surface area contributed by atoms with Crippen molar-refractivity contribution < 1.29 is 13.3 Å². The van der Waals surface area contributed by atoms with Crippen LogP contribution in [0.2, 0.25) is 0 Å². The Labute approximate surface area is 136 Å². The van der Waals surface area contributed by atoms with Crippen LogP contribution in [0, 0.1) is 24.0 Å². The molecule has 0 saturated heterocycles. The highest BCUT2D eigenvalue weighted by molar-refractivity contribution is 7.89. The van der Waals surface area contributed by atoms with Crippen LogP contribution in [0.3, 0.4) is 0 Å². The zero-order chi connectivity index (χ0) is 15.6. The first-order chi connectivity index (χ1) is 9.83. The van der Waals surface area contributed by atoms with Crippen molar-refractivity contribution in [2.24, 2.45) is 0 Å². The monoisotopic (exact) mass is 349 g/mol. The fourth-order valence-corrected chi connectivity index (χ4v) is 3.66. The quantitative estimate of drug-likeness (QED) is 0.443. The number of aryl methyl sites for hydroxylation is 2. The van der Waals surface area contributed by atoms with Crippen molar-refractivity contribution in [3.8, 4) is 0 Å². The number of benzene rings is 1. The summed E-state index contributed by atoms with van der Waals surface area (Å²) in [6.07, 6.45) is 2.24. The second-order valence-electron chi connectivity index (χ2n) is 5.26. The number of nitro groups is 1.